The third-order valence-electron chi connectivity index (χ3n) is 4.29. The number of nitrogens with one attached hydrogen (secondary N) is 2. The Morgan fingerprint density at radius 2 is 1.97 bits per heavy atom. The lowest BCUT2D eigenvalue weighted by molar-refractivity contribution is -0.200. The molecule has 1 aliphatic rings. The minimum absolute atomic E-state index is 0.00214. The van der Waals surface area contributed by atoms with Gasteiger partial charge < -0.3 is 29.7 Å². The van der Waals surface area contributed by atoms with Crippen LogP contribution in [0.5, 0.6) is 5.75 Å². The lowest BCUT2D eigenvalue weighted by atomic mass is 10.2. The number of hydroxylamine groups is 2. The fourth-order valence-electron chi connectivity index (χ4n) is 2.65. The van der Waals surface area contributed by atoms with E-state index < -0.39 is 30.6 Å². The molecule has 0 bridgehead atoms. The molecule has 34 heavy (non-hydrogen) atoms. The third kappa shape index (κ3) is 9.03. The summed E-state index contributed by atoms with van der Waals surface area (Å²) in [4.78, 5) is 53.9. The van der Waals surface area contributed by atoms with E-state index in [4.69, 9.17) is 19.7 Å². The summed E-state index contributed by atoms with van der Waals surface area (Å²) in [5, 5.41) is 9.59. The van der Waals surface area contributed by atoms with Gasteiger partial charge in [-0.2, -0.15) is 0 Å². The van der Waals surface area contributed by atoms with Crippen LogP contribution in [0, 0.1) is 0 Å². The van der Waals surface area contributed by atoms with Crippen LogP contribution >= 0.6 is 0 Å². The maximum atomic E-state index is 12.1. The lowest BCUT2D eigenvalue weighted by Crippen LogP contribution is -2.33. The van der Waals surface area contributed by atoms with Gasteiger partial charge in [-0.1, -0.05) is 11.2 Å². The van der Waals surface area contributed by atoms with Gasteiger partial charge in [0, 0.05) is 36.4 Å². The zero-order valence-corrected chi connectivity index (χ0v) is 18.6. The molecule has 1 heterocycles. The molecule has 1 aromatic carbocycles. The summed E-state index contributed by atoms with van der Waals surface area (Å²) in [5.41, 5.74) is 9.13. The van der Waals surface area contributed by atoms with E-state index in [9.17, 15) is 19.2 Å². The van der Waals surface area contributed by atoms with Crippen LogP contribution in [0.1, 0.15) is 23.2 Å². The van der Waals surface area contributed by atoms with Gasteiger partial charge in [-0.3, -0.25) is 14.4 Å². The number of imide groups is 1. The second kappa shape index (κ2) is 14.4. The van der Waals surface area contributed by atoms with E-state index in [1.54, 1.807) is 31.3 Å². The van der Waals surface area contributed by atoms with Gasteiger partial charge in [0.05, 0.1) is 13.2 Å². The lowest BCUT2D eigenvalue weighted by Gasteiger charge is -2.15. The van der Waals surface area contributed by atoms with Crippen molar-refractivity contribution in [1.29, 1.82) is 0 Å². The van der Waals surface area contributed by atoms with Crippen molar-refractivity contribution >= 4 is 23.7 Å². The summed E-state index contributed by atoms with van der Waals surface area (Å²) in [5.74, 6) is -1.95. The largest absolute Gasteiger partial charge is 0.491 e. The standard InChI is InChI=1S/C20H26N6O8/c1-22-7-8-23-20(30)14-3-2-4-15(11-14)33-12-16(24-25-21)32-10-9-31-13-19(29)34-26-17(27)5-6-18(26)28/h2-4,11,16,22H,5-10,12-13H2,1H3,(H,23,30). The van der Waals surface area contributed by atoms with Crippen LogP contribution in [0.2, 0.25) is 0 Å². The van der Waals surface area contributed by atoms with Crippen molar-refractivity contribution in [3.8, 4) is 5.75 Å². The van der Waals surface area contributed by atoms with Gasteiger partial charge in [0.1, 0.15) is 19.0 Å². The minimum atomic E-state index is -0.992. The van der Waals surface area contributed by atoms with Gasteiger partial charge in [-0.15, -0.1) is 5.06 Å². The Bertz CT molecular complexity index is 904. The zero-order valence-electron chi connectivity index (χ0n) is 18.6. The monoisotopic (exact) mass is 478 g/mol. The van der Waals surface area contributed by atoms with E-state index >= 15 is 0 Å². The number of carbonyl (C=O) groups excluding carboxylic acids is 4. The molecule has 1 atom stereocenters. The van der Waals surface area contributed by atoms with E-state index in [0.717, 1.165) is 0 Å². The van der Waals surface area contributed by atoms with E-state index in [-0.39, 0.29) is 38.6 Å². The number of amides is 3. The van der Waals surface area contributed by atoms with Crippen LogP contribution in [0.3, 0.4) is 0 Å². The molecule has 0 saturated carbocycles. The average molecular weight is 478 g/mol. The van der Waals surface area contributed by atoms with Gasteiger partial charge in [0.25, 0.3) is 17.7 Å². The number of ether oxygens (including phenoxy) is 3. The molecule has 1 unspecified atom stereocenters. The molecule has 0 radical (unpaired) electrons. The van der Waals surface area contributed by atoms with Gasteiger partial charge in [0.15, 0.2) is 6.23 Å². The predicted octanol–water partition coefficient (Wildman–Crippen LogP) is 0.291. The maximum absolute atomic E-state index is 12.1. The summed E-state index contributed by atoms with van der Waals surface area (Å²) in [6, 6.07) is 6.48. The quantitative estimate of drug-likeness (QED) is 0.118. The molecule has 14 nitrogen and oxygen atoms in total. The minimum Gasteiger partial charge on any atom is -0.491 e. The van der Waals surface area contributed by atoms with Crippen molar-refractivity contribution in [2.24, 2.45) is 5.11 Å². The molecule has 2 N–H and O–H groups in total. The van der Waals surface area contributed by atoms with E-state index in [1.807, 2.05) is 0 Å². The molecule has 0 spiro atoms. The van der Waals surface area contributed by atoms with Crippen LogP contribution in [0.15, 0.2) is 29.4 Å². The first-order valence-electron chi connectivity index (χ1n) is 10.4. The first-order valence-corrected chi connectivity index (χ1v) is 10.4. The third-order valence-corrected chi connectivity index (χ3v) is 4.29. The molecule has 184 valence electrons. The Morgan fingerprint density at radius 1 is 1.21 bits per heavy atom. The van der Waals surface area contributed by atoms with Gasteiger partial charge in [-0.25, -0.2) is 4.79 Å². The molecular weight excluding hydrogens is 452 g/mol. The SMILES string of the molecule is CNCCNC(=O)c1cccc(OCC(N=[N+]=[N-])OCCOCC(=O)ON2C(=O)CCC2=O)c1. The van der Waals surface area contributed by atoms with Gasteiger partial charge in [0.2, 0.25) is 0 Å². The number of rotatable bonds is 15. The molecule has 1 aliphatic heterocycles. The molecule has 1 fully saturated rings. The van der Waals surface area contributed by atoms with Crippen LogP contribution < -0.4 is 15.4 Å². The molecule has 2 rings (SSSR count). The second-order valence-corrected chi connectivity index (χ2v) is 6.83. The Balaban J connectivity index is 1.70. The molecule has 0 aromatic heterocycles. The van der Waals surface area contributed by atoms with E-state index in [2.05, 4.69) is 25.5 Å². The molecule has 3 amide bonds. The Hall–Kier alpha value is -3.71. The fraction of sp³-hybridized carbons (Fsp3) is 0.500. The van der Waals surface area contributed by atoms with Crippen LogP contribution in [-0.4, -0.2) is 81.5 Å². The number of hydrogen-bond donors (Lipinski definition) is 2. The number of hydrogen-bond acceptors (Lipinski definition) is 10. The van der Waals surface area contributed by atoms with Crippen LogP contribution in [0.25, 0.3) is 10.4 Å². The van der Waals surface area contributed by atoms with Crippen molar-refractivity contribution in [2.75, 3.05) is 46.6 Å². The van der Waals surface area contributed by atoms with E-state index in [0.29, 0.717) is 29.5 Å². The van der Waals surface area contributed by atoms with Crippen molar-refractivity contribution in [2.45, 2.75) is 19.1 Å². The summed E-state index contributed by atoms with van der Waals surface area (Å²) in [7, 11) is 1.78. The second-order valence-electron chi connectivity index (χ2n) is 6.83. The van der Waals surface area contributed by atoms with Crippen LogP contribution in [-0.2, 0) is 28.7 Å². The van der Waals surface area contributed by atoms with Crippen molar-refractivity contribution in [1.82, 2.24) is 15.7 Å². The first-order chi connectivity index (χ1) is 16.4. The molecular formula is C20H26N6O8. The number of nitrogens with zero attached hydrogens (tertiary/aromatic N) is 4. The molecule has 1 saturated heterocycles. The number of azide groups is 1. The molecule has 0 aliphatic carbocycles. The smallest absolute Gasteiger partial charge is 0.358 e. The fourth-order valence-corrected chi connectivity index (χ4v) is 2.65. The number of likely N-dealkylation sites (N-methyl/N-ethyl adjacent to an activating group) is 1. The summed E-state index contributed by atoms with van der Waals surface area (Å²) < 4.78 is 16.0. The van der Waals surface area contributed by atoms with Crippen LogP contribution in [0.4, 0.5) is 0 Å². The van der Waals surface area contributed by atoms with Crippen molar-refractivity contribution in [3.05, 3.63) is 40.3 Å². The highest BCUT2D eigenvalue weighted by molar-refractivity contribution is 6.01. The average Bonchev–Trinajstić information content (AvgIpc) is 3.14. The first kappa shape index (κ1) is 26.5. The number of benzene rings is 1. The Kier molecular flexibility index (Phi) is 11.3. The molecule has 1 aromatic rings. The van der Waals surface area contributed by atoms with Gasteiger partial charge >= 0.3 is 5.97 Å². The van der Waals surface area contributed by atoms with Crippen molar-refractivity contribution in [3.63, 3.8) is 0 Å². The van der Waals surface area contributed by atoms with Gasteiger partial charge in [-0.05, 0) is 30.8 Å². The highest BCUT2D eigenvalue weighted by Gasteiger charge is 2.32. The topological polar surface area (TPSA) is 181 Å². The number of carbonyl (C=O) groups is 4. The highest BCUT2D eigenvalue weighted by atomic mass is 16.7. The summed E-state index contributed by atoms with van der Waals surface area (Å²) in [6.45, 7) is 0.367. The Labute approximate surface area is 195 Å². The zero-order chi connectivity index (χ0) is 24.8. The predicted molar refractivity (Wildman–Crippen MR) is 115 cm³/mol. The normalized spacial score (nSPS) is 13.9. The Morgan fingerprint density at radius 3 is 2.68 bits per heavy atom. The summed E-state index contributed by atoms with van der Waals surface area (Å²) >= 11 is 0. The maximum Gasteiger partial charge on any atom is 0.358 e. The van der Waals surface area contributed by atoms with Crippen molar-refractivity contribution < 1.29 is 38.2 Å². The highest BCUT2D eigenvalue weighted by Crippen LogP contribution is 2.14. The van der Waals surface area contributed by atoms with E-state index in [1.165, 1.54) is 0 Å². The summed E-state index contributed by atoms with van der Waals surface area (Å²) in [6.07, 6.45) is -0.996. The molecule has 14 heteroatoms.